The fraction of sp³-hybridized carbons (Fsp3) is 0.933. The molecule has 0 saturated heterocycles. The van der Waals surface area contributed by atoms with Crippen LogP contribution in [0.25, 0.3) is 0 Å². The summed E-state index contributed by atoms with van der Waals surface area (Å²) in [5.41, 5.74) is 0. The van der Waals surface area contributed by atoms with Crippen molar-refractivity contribution in [2.75, 3.05) is 6.61 Å². The maximum absolute atomic E-state index is 11.7. The Kier molecular flexibility index (Phi) is 8.18. The third-order valence-corrected chi connectivity index (χ3v) is 4.10. The van der Waals surface area contributed by atoms with Crippen LogP contribution in [0.5, 0.6) is 0 Å². The molecule has 0 aromatic rings. The molecular weight excluding hydrogens is 276 g/mol. The van der Waals surface area contributed by atoms with Crippen molar-refractivity contribution in [2.45, 2.75) is 76.3 Å². The molecule has 124 valence electrons. The SMILES string of the molecule is CCCCCCCC(=O)OC1CC(CO)[C@@H](O)C(O)C1O. The van der Waals surface area contributed by atoms with Gasteiger partial charge in [-0.1, -0.05) is 32.6 Å². The van der Waals surface area contributed by atoms with Crippen molar-refractivity contribution < 1.29 is 30.0 Å². The lowest BCUT2D eigenvalue weighted by atomic mass is 9.81. The summed E-state index contributed by atoms with van der Waals surface area (Å²) in [6.45, 7) is 1.80. The maximum Gasteiger partial charge on any atom is 0.306 e. The van der Waals surface area contributed by atoms with Gasteiger partial charge in [0.25, 0.3) is 0 Å². The van der Waals surface area contributed by atoms with Gasteiger partial charge in [-0.25, -0.2) is 0 Å². The minimum absolute atomic E-state index is 0.150. The van der Waals surface area contributed by atoms with Crippen LogP contribution in [0, 0.1) is 5.92 Å². The molecule has 1 aliphatic rings. The van der Waals surface area contributed by atoms with E-state index in [2.05, 4.69) is 6.92 Å². The van der Waals surface area contributed by atoms with Crippen molar-refractivity contribution in [1.82, 2.24) is 0 Å². The highest BCUT2D eigenvalue weighted by atomic mass is 16.6. The van der Waals surface area contributed by atoms with Gasteiger partial charge < -0.3 is 25.2 Å². The Morgan fingerprint density at radius 3 is 2.33 bits per heavy atom. The number of hydrogen-bond donors (Lipinski definition) is 4. The molecular formula is C15H28O6. The van der Waals surface area contributed by atoms with Crippen LogP contribution >= 0.6 is 0 Å². The summed E-state index contributed by atoms with van der Waals surface area (Å²) >= 11 is 0. The van der Waals surface area contributed by atoms with Crippen molar-refractivity contribution in [3.63, 3.8) is 0 Å². The van der Waals surface area contributed by atoms with Crippen LogP contribution in [0.15, 0.2) is 0 Å². The number of unbranched alkanes of at least 4 members (excludes halogenated alkanes) is 4. The third kappa shape index (κ3) is 5.54. The number of ether oxygens (including phenoxy) is 1. The summed E-state index contributed by atoms with van der Waals surface area (Å²) in [6.07, 6.45) is 0.746. The molecule has 1 rings (SSSR count). The molecule has 1 saturated carbocycles. The van der Waals surface area contributed by atoms with Crippen molar-refractivity contribution in [1.29, 1.82) is 0 Å². The molecule has 1 fully saturated rings. The van der Waals surface area contributed by atoms with Gasteiger partial charge in [0, 0.05) is 18.9 Å². The highest BCUT2D eigenvalue weighted by Crippen LogP contribution is 2.28. The highest BCUT2D eigenvalue weighted by molar-refractivity contribution is 5.69. The molecule has 0 radical (unpaired) electrons. The number of esters is 1. The summed E-state index contributed by atoms with van der Waals surface area (Å²) in [5.74, 6) is -0.999. The minimum atomic E-state index is -1.40. The largest absolute Gasteiger partial charge is 0.459 e. The summed E-state index contributed by atoms with van der Waals surface area (Å²) in [7, 11) is 0. The van der Waals surface area contributed by atoms with Crippen molar-refractivity contribution in [2.24, 2.45) is 5.92 Å². The van der Waals surface area contributed by atoms with E-state index in [1.807, 2.05) is 0 Å². The number of aliphatic hydroxyl groups excluding tert-OH is 4. The fourth-order valence-electron chi connectivity index (χ4n) is 2.68. The van der Waals surface area contributed by atoms with Crippen LogP contribution in [0.3, 0.4) is 0 Å². The molecule has 0 bridgehead atoms. The van der Waals surface area contributed by atoms with Gasteiger partial charge in [-0.05, 0) is 12.8 Å². The summed E-state index contributed by atoms with van der Waals surface area (Å²) in [4.78, 5) is 11.7. The molecule has 0 aromatic carbocycles. The summed E-state index contributed by atoms with van der Waals surface area (Å²) < 4.78 is 5.19. The molecule has 0 amide bonds. The molecule has 6 heteroatoms. The Bertz CT molecular complexity index is 307. The standard InChI is InChI=1S/C15H28O6/c1-2-3-4-5-6-7-12(17)21-11-8-10(9-16)13(18)15(20)14(11)19/h10-11,13-16,18-20H,2-9H2,1H3/t10?,11?,13-,14?,15?/m1/s1. The van der Waals surface area contributed by atoms with Gasteiger partial charge in [0.2, 0.25) is 0 Å². The van der Waals surface area contributed by atoms with E-state index in [4.69, 9.17) is 9.84 Å². The molecule has 0 aliphatic heterocycles. The van der Waals surface area contributed by atoms with Gasteiger partial charge in [-0.3, -0.25) is 4.79 Å². The average molecular weight is 304 g/mol. The van der Waals surface area contributed by atoms with Crippen molar-refractivity contribution >= 4 is 5.97 Å². The second-order valence-electron chi connectivity index (χ2n) is 5.84. The van der Waals surface area contributed by atoms with Gasteiger partial charge in [0.15, 0.2) is 0 Å². The Morgan fingerprint density at radius 2 is 1.71 bits per heavy atom. The maximum atomic E-state index is 11.7. The second-order valence-corrected chi connectivity index (χ2v) is 5.84. The van der Waals surface area contributed by atoms with E-state index < -0.39 is 36.3 Å². The Balaban J connectivity index is 2.36. The lowest BCUT2D eigenvalue weighted by Crippen LogP contribution is -2.55. The number of aliphatic hydroxyl groups is 4. The molecule has 0 heterocycles. The van der Waals surface area contributed by atoms with Gasteiger partial charge >= 0.3 is 5.97 Å². The van der Waals surface area contributed by atoms with E-state index >= 15 is 0 Å². The van der Waals surface area contributed by atoms with Crippen LogP contribution in [0.2, 0.25) is 0 Å². The molecule has 6 nitrogen and oxygen atoms in total. The molecule has 4 N–H and O–H groups in total. The lowest BCUT2D eigenvalue weighted by Gasteiger charge is -2.39. The highest BCUT2D eigenvalue weighted by Gasteiger charge is 2.44. The lowest BCUT2D eigenvalue weighted by molar-refractivity contribution is -0.188. The Labute approximate surface area is 125 Å². The molecule has 5 atom stereocenters. The predicted molar refractivity (Wildman–Crippen MR) is 76.5 cm³/mol. The van der Waals surface area contributed by atoms with Gasteiger partial charge in [0.1, 0.15) is 18.3 Å². The first-order chi connectivity index (χ1) is 10.0. The number of carbonyl (C=O) groups excluding carboxylic acids is 1. The number of carbonyl (C=O) groups is 1. The van der Waals surface area contributed by atoms with Gasteiger partial charge in [0.05, 0.1) is 6.10 Å². The zero-order valence-electron chi connectivity index (χ0n) is 12.6. The predicted octanol–water partition coefficient (Wildman–Crippen LogP) is 0.354. The quantitative estimate of drug-likeness (QED) is 0.381. The number of rotatable bonds is 8. The van der Waals surface area contributed by atoms with Gasteiger partial charge in [-0.15, -0.1) is 0 Å². The van der Waals surface area contributed by atoms with Crippen LogP contribution in [-0.2, 0) is 9.53 Å². The molecule has 0 spiro atoms. The van der Waals surface area contributed by atoms with Crippen LogP contribution < -0.4 is 0 Å². The first kappa shape index (κ1) is 18.4. The van der Waals surface area contributed by atoms with Crippen LogP contribution in [-0.4, -0.2) is 57.4 Å². The third-order valence-electron chi connectivity index (χ3n) is 4.10. The monoisotopic (exact) mass is 304 g/mol. The first-order valence-corrected chi connectivity index (χ1v) is 7.85. The normalized spacial score (nSPS) is 32.9. The van der Waals surface area contributed by atoms with E-state index in [1.165, 1.54) is 0 Å². The second kappa shape index (κ2) is 9.35. The minimum Gasteiger partial charge on any atom is -0.459 e. The van der Waals surface area contributed by atoms with Crippen LogP contribution in [0.1, 0.15) is 51.9 Å². The first-order valence-electron chi connectivity index (χ1n) is 7.85. The van der Waals surface area contributed by atoms with Crippen molar-refractivity contribution in [3.8, 4) is 0 Å². The van der Waals surface area contributed by atoms with Crippen LogP contribution in [0.4, 0.5) is 0 Å². The number of hydrogen-bond acceptors (Lipinski definition) is 6. The zero-order chi connectivity index (χ0) is 15.8. The topological polar surface area (TPSA) is 107 Å². The van der Waals surface area contributed by atoms with Gasteiger partial charge in [-0.2, -0.15) is 0 Å². The van der Waals surface area contributed by atoms with E-state index in [0.717, 1.165) is 32.1 Å². The fourth-order valence-corrected chi connectivity index (χ4v) is 2.68. The smallest absolute Gasteiger partial charge is 0.306 e. The zero-order valence-corrected chi connectivity index (χ0v) is 12.6. The summed E-state index contributed by atoms with van der Waals surface area (Å²) in [5, 5.41) is 38.4. The van der Waals surface area contributed by atoms with E-state index in [9.17, 15) is 20.1 Å². The molecule has 1 aliphatic carbocycles. The van der Waals surface area contributed by atoms with E-state index in [0.29, 0.717) is 0 Å². The molecule has 21 heavy (non-hydrogen) atoms. The molecule has 4 unspecified atom stereocenters. The molecule has 0 aromatic heterocycles. The Hall–Kier alpha value is -0.690. The average Bonchev–Trinajstić information content (AvgIpc) is 2.47. The summed E-state index contributed by atoms with van der Waals surface area (Å²) in [6, 6.07) is 0. The van der Waals surface area contributed by atoms with E-state index in [1.54, 1.807) is 0 Å². The van der Waals surface area contributed by atoms with Crippen molar-refractivity contribution in [3.05, 3.63) is 0 Å². The van der Waals surface area contributed by atoms with E-state index in [-0.39, 0.29) is 19.4 Å². The Morgan fingerprint density at radius 1 is 1.05 bits per heavy atom.